The summed E-state index contributed by atoms with van der Waals surface area (Å²) in [6.45, 7) is 11.6. The molecule has 0 nitrogen and oxygen atoms in total. The van der Waals surface area contributed by atoms with Crippen LogP contribution in [0.2, 0.25) is 0 Å². The molecule has 0 bridgehead atoms. The van der Waals surface area contributed by atoms with E-state index < -0.39 is 0 Å². The number of rotatable bonds is 0. The average Bonchev–Trinajstić information content (AvgIpc) is 2.55. The van der Waals surface area contributed by atoms with Crippen molar-refractivity contribution in [1.29, 1.82) is 0 Å². The van der Waals surface area contributed by atoms with E-state index in [4.69, 9.17) is 0 Å². The van der Waals surface area contributed by atoms with Crippen molar-refractivity contribution < 1.29 is 0 Å². The van der Waals surface area contributed by atoms with Gasteiger partial charge in [0.2, 0.25) is 0 Å². The normalized spacial score (nSPS) is 42.3. The summed E-state index contributed by atoms with van der Waals surface area (Å²) in [6, 6.07) is 0. The van der Waals surface area contributed by atoms with Gasteiger partial charge in [-0.25, -0.2) is 0 Å². The molecule has 0 aromatic rings. The lowest BCUT2D eigenvalue weighted by Gasteiger charge is -2.18. The van der Waals surface area contributed by atoms with Gasteiger partial charge in [0.15, 0.2) is 0 Å². The van der Waals surface area contributed by atoms with E-state index in [2.05, 4.69) is 27.4 Å². The molecule has 3 aliphatic rings. The highest BCUT2D eigenvalue weighted by Gasteiger charge is 2.61. The molecule has 0 aromatic carbocycles. The fourth-order valence-electron chi connectivity index (χ4n) is 4.28. The minimum Gasteiger partial charge on any atom is -0.0993 e. The van der Waals surface area contributed by atoms with E-state index in [1.54, 1.807) is 5.57 Å². The molecule has 2 saturated carbocycles. The van der Waals surface area contributed by atoms with Crippen LogP contribution in [0.1, 0.15) is 46.5 Å². The Hall–Kier alpha value is -0.520. The molecule has 0 amide bonds. The minimum absolute atomic E-state index is 0.597. The second kappa shape index (κ2) is 2.78. The molecule has 0 radical (unpaired) electrons. The van der Waals surface area contributed by atoms with Gasteiger partial charge in [-0.3, -0.25) is 0 Å². The van der Waals surface area contributed by atoms with Crippen LogP contribution in [0.3, 0.4) is 0 Å². The molecule has 0 saturated heterocycles. The van der Waals surface area contributed by atoms with Gasteiger partial charge in [-0.1, -0.05) is 37.1 Å². The molecule has 82 valence electrons. The SMILES string of the molecule is C=C1CC[C@H]2[C@@H](C3=C(C)CC[C@@H]13)C2(C)C. The average molecular weight is 202 g/mol. The third-order valence-electron chi connectivity index (χ3n) is 5.33. The number of fused-ring (bicyclic) bond motifs is 3. The van der Waals surface area contributed by atoms with Gasteiger partial charge in [-0.2, -0.15) is 0 Å². The van der Waals surface area contributed by atoms with Crippen molar-refractivity contribution in [2.75, 3.05) is 0 Å². The van der Waals surface area contributed by atoms with Gasteiger partial charge >= 0.3 is 0 Å². The number of allylic oxidation sites excluding steroid dienone is 3. The Kier molecular flexibility index (Phi) is 1.80. The van der Waals surface area contributed by atoms with E-state index in [1.165, 1.54) is 31.3 Å². The number of hydrogen-bond acceptors (Lipinski definition) is 0. The first-order chi connectivity index (χ1) is 7.03. The van der Waals surface area contributed by atoms with Crippen LogP contribution < -0.4 is 0 Å². The van der Waals surface area contributed by atoms with Gasteiger partial charge in [0, 0.05) is 5.92 Å². The second-order valence-electron chi connectivity index (χ2n) is 6.43. The summed E-state index contributed by atoms with van der Waals surface area (Å²) in [6.07, 6.45) is 5.37. The van der Waals surface area contributed by atoms with Crippen LogP contribution in [0.5, 0.6) is 0 Å². The highest BCUT2D eigenvalue weighted by molar-refractivity contribution is 5.39. The summed E-state index contributed by atoms with van der Waals surface area (Å²) in [4.78, 5) is 0. The zero-order valence-electron chi connectivity index (χ0n) is 10.3. The maximum absolute atomic E-state index is 4.32. The first kappa shape index (κ1) is 9.69. The van der Waals surface area contributed by atoms with Crippen molar-refractivity contribution in [3.8, 4) is 0 Å². The lowest BCUT2D eigenvalue weighted by Crippen LogP contribution is -2.07. The van der Waals surface area contributed by atoms with E-state index in [9.17, 15) is 0 Å². The van der Waals surface area contributed by atoms with Crippen LogP contribution in [0.4, 0.5) is 0 Å². The molecule has 3 aliphatic carbocycles. The predicted octanol–water partition coefficient (Wildman–Crippen LogP) is 4.34. The standard InChI is InChI=1S/C15H22/c1-9-6-8-12-14(15(12,3)4)13-10(2)5-7-11(9)13/h11-12,14H,1,5-8H2,2-4H3/t11-,12-,14-/m0/s1. The molecule has 0 aliphatic heterocycles. The summed E-state index contributed by atoms with van der Waals surface area (Å²) < 4.78 is 0. The quantitative estimate of drug-likeness (QED) is 0.513. The van der Waals surface area contributed by atoms with E-state index >= 15 is 0 Å². The molecular weight excluding hydrogens is 180 g/mol. The molecule has 0 N–H and O–H groups in total. The third kappa shape index (κ3) is 1.14. The van der Waals surface area contributed by atoms with Gasteiger partial charge in [0.25, 0.3) is 0 Å². The van der Waals surface area contributed by atoms with E-state index in [0.29, 0.717) is 5.41 Å². The monoisotopic (exact) mass is 202 g/mol. The lowest BCUT2D eigenvalue weighted by molar-refractivity contribution is 0.500. The van der Waals surface area contributed by atoms with Crippen molar-refractivity contribution in [3.63, 3.8) is 0 Å². The Bertz CT molecular complexity index is 356. The first-order valence-electron chi connectivity index (χ1n) is 6.40. The minimum atomic E-state index is 0.597. The fraction of sp³-hybridized carbons (Fsp3) is 0.733. The van der Waals surface area contributed by atoms with Crippen molar-refractivity contribution in [3.05, 3.63) is 23.3 Å². The van der Waals surface area contributed by atoms with E-state index in [1.807, 2.05) is 5.57 Å². The Morgan fingerprint density at radius 1 is 1.20 bits per heavy atom. The van der Waals surface area contributed by atoms with Crippen LogP contribution in [-0.2, 0) is 0 Å². The summed E-state index contributed by atoms with van der Waals surface area (Å²) in [7, 11) is 0. The molecule has 3 rings (SSSR count). The second-order valence-corrected chi connectivity index (χ2v) is 6.43. The molecule has 15 heavy (non-hydrogen) atoms. The third-order valence-corrected chi connectivity index (χ3v) is 5.33. The Morgan fingerprint density at radius 2 is 1.93 bits per heavy atom. The fourth-order valence-corrected chi connectivity index (χ4v) is 4.28. The van der Waals surface area contributed by atoms with E-state index in [-0.39, 0.29) is 0 Å². The van der Waals surface area contributed by atoms with E-state index in [0.717, 1.165) is 17.8 Å². The molecule has 0 heteroatoms. The smallest absolute Gasteiger partial charge is 0.00129 e. The molecule has 2 fully saturated rings. The zero-order valence-corrected chi connectivity index (χ0v) is 10.3. The van der Waals surface area contributed by atoms with Crippen molar-refractivity contribution >= 4 is 0 Å². The molecule has 0 unspecified atom stereocenters. The largest absolute Gasteiger partial charge is 0.0993 e. The van der Waals surface area contributed by atoms with Crippen LogP contribution >= 0.6 is 0 Å². The molecule has 0 heterocycles. The summed E-state index contributed by atoms with van der Waals surface area (Å²) >= 11 is 0. The lowest BCUT2D eigenvalue weighted by atomic mass is 9.86. The molecule has 0 spiro atoms. The molecule has 0 aromatic heterocycles. The van der Waals surface area contributed by atoms with Crippen LogP contribution in [0, 0.1) is 23.2 Å². The Morgan fingerprint density at radius 3 is 2.67 bits per heavy atom. The van der Waals surface area contributed by atoms with Crippen LogP contribution in [0.25, 0.3) is 0 Å². The van der Waals surface area contributed by atoms with Crippen LogP contribution in [-0.4, -0.2) is 0 Å². The Labute approximate surface area is 93.5 Å². The number of hydrogen-bond donors (Lipinski definition) is 0. The predicted molar refractivity (Wildman–Crippen MR) is 64.6 cm³/mol. The van der Waals surface area contributed by atoms with Crippen molar-refractivity contribution in [1.82, 2.24) is 0 Å². The Balaban J connectivity index is 2.03. The maximum Gasteiger partial charge on any atom is 0.00129 e. The summed E-state index contributed by atoms with van der Waals surface area (Å²) in [5.41, 5.74) is 5.64. The zero-order chi connectivity index (χ0) is 10.8. The topological polar surface area (TPSA) is 0 Å². The van der Waals surface area contributed by atoms with Gasteiger partial charge in [-0.15, -0.1) is 0 Å². The molecule has 3 atom stereocenters. The van der Waals surface area contributed by atoms with Gasteiger partial charge in [0.1, 0.15) is 0 Å². The van der Waals surface area contributed by atoms with Gasteiger partial charge in [-0.05, 0) is 49.9 Å². The van der Waals surface area contributed by atoms with Gasteiger partial charge in [0.05, 0.1) is 0 Å². The molecular formula is C15H22. The summed E-state index contributed by atoms with van der Waals surface area (Å²) in [5, 5.41) is 0. The summed E-state index contributed by atoms with van der Waals surface area (Å²) in [5.74, 6) is 2.63. The highest BCUT2D eigenvalue weighted by Crippen LogP contribution is 2.69. The first-order valence-corrected chi connectivity index (χ1v) is 6.40. The van der Waals surface area contributed by atoms with Crippen molar-refractivity contribution in [2.24, 2.45) is 23.2 Å². The maximum atomic E-state index is 4.32. The highest BCUT2D eigenvalue weighted by atomic mass is 14.6. The van der Waals surface area contributed by atoms with Crippen molar-refractivity contribution in [2.45, 2.75) is 46.5 Å². The van der Waals surface area contributed by atoms with Gasteiger partial charge < -0.3 is 0 Å². The van der Waals surface area contributed by atoms with Crippen LogP contribution in [0.15, 0.2) is 23.3 Å².